The Morgan fingerprint density at radius 2 is 2.00 bits per heavy atom. The minimum absolute atomic E-state index is 0.163. The standard InChI is InChI=1S/C16H17FN2O2S2/c1-19(2)8-7-11-10-18-16-12(11)9-15(22-16)23(20,21)14-6-4-3-5-13(14)17/h3-6,9-10,18H,7-8H2,1-2H3. The first kappa shape index (κ1) is 16.2. The normalized spacial score (nSPS) is 12.3. The minimum Gasteiger partial charge on any atom is -0.353 e. The highest BCUT2D eigenvalue weighted by Crippen LogP contribution is 2.34. The van der Waals surface area contributed by atoms with Gasteiger partial charge < -0.3 is 9.88 Å². The Hall–Kier alpha value is -1.70. The van der Waals surface area contributed by atoms with Crippen molar-refractivity contribution in [3.8, 4) is 0 Å². The van der Waals surface area contributed by atoms with Crippen LogP contribution < -0.4 is 0 Å². The molecule has 4 nitrogen and oxygen atoms in total. The zero-order valence-corrected chi connectivity index (χ0v) is 14.5. The zero-order chi connectivity index (χ0) is 16.6. The average molecular weight is 352 g/mol. The Labute approximate surface area is 138 Å². The number of thiophene rings is 1. The molecule has 2 heterocycles. The molecule has 23 heavy (non-hydrogen) atoms. The van der Waals surface area contributed by atoms with Gasteiger partial charge >= 0.3 is 0 Å². The van der Waals surface area contributed by atoms with Gasteiger partial charge in [0.15, 0.2) is 0 Å². The van der Waals surface area contributed by atoms with Crippen LogP contribution in [0.3, 0.4) is 0 Å². The van der Waals surface area contributed by atoms with Crippen molar-refractivity contribution >= 4 is 31.4 Å². The van der Waals surface area contributed by atoms with Gasteiger partial charge in [-0.1, -0.05) is 12.1 Å². The first-order valence-electron chi connectivity index (χ1n) is 7.14. The van der Waals surface area contributed by atoms with Gasteiger partial charge in [0, 0.05) is 18.1 Å². The monoisotopic (exact) mass is 352 g/mol. The summed E-state index contributed by atoms with van der Waals surface area (Å²) in [7, 11) is 0.147. The number of rotatable bonds is 5. The predicted octanol–water partition coefficient (Wildman–Crippen LogP) is 3.31. The molecule has 0 fully saturated rings. The Kier molecular flexibility index (Phi) is 4.27. The summed E-state index contributed by atoms with van der Waals surface area (Å²) < 4.78 is 39.3. The van der Waals surface area contributed by atoms with E-state index in [4.69, 9.17) is 0 Å². The van der Waals surface area contributed by atoms with Crippen LogP contribution in [0.15, 0.2) is 45.6 Å². The summed E-state index contributed by atoms with van der Waals surface area (Å²) in [5.74, 6) is -0.725. The lowest BCUT2D eigenvalue weighted by molar-refractivity contribution is 0.414. The van der Waals surface area contributed by atoms with Crippen molar-refractivity contribution in [3.05, 3.63) is 47.9 Å². The van der Waals surface area contributed by atoms with Crippen molar-refractivity contribution in [2.75, 3.05) is 20.6 Å². The van der Waals surface area contributed by atoms with Gasteiger partial charge in [-0.25, -0.2) is 12.8 Å². The number of hydrogen-bond acceptors (Lipinski definition) is 4. The third-order valence-electron chi connectivity index (χ3n) is 3.65. The number of benzene rings is 1. The van der Waals surface area contributed by atoms with Crippen LogP contribution in [-0.2, 0) is 16.3 Å². The third-order valence-corrected chi connectivity index (χ3v) is 6.98. The van der Waals surface area contributed by atoms with E-state index in [-0.39, 0.29) is 9.10 Å². The molecule has 1 aromatic carbocycles. The minimum atomic E-state index is -3.84. The van der Waals surface area contributed by atoms with Gasteiger partial charge in [0.1, 0.15) is 19.8 Å². The molecule has 0 aliphatic heterocycles. The van der Waals surface area contributed by atoms with E-state index in [1.54, 1.807) is 6.07 Å². The van der Waals surface area contributed by atoms with Crippen LogP contribution in [0.25, 0.3) is 10.2 Å². The van der Waals surface area contributed by atoms with Crippen LogP contribution in [0.2, 0.25) is 0 Å². The van der Waals surface area contributed by atoms with Gasteiger partial charge in [0.25, 0.3) is 0 Å². The Morgan fingerprint density at radius 3 is 2.70 bits per heavy atom. The molecule has 0 saturated heterocycles. The SMILES string of the molecule is CN(C)CCc1c[nH]c2sc(S(=O)(=O)c3ccccc3F)cc12. The zero-order valence-electron chi connectivity index (χ0n) is 12.8. The molecule has 0 spiro atoms. The number of H-pyrrole nitrogens is 1. The highest BCUT2D eigenvalue weighted by molar-refractivity contribution is 7.93. The second kappa shape index (κ2) is 6.07. The molecule has 0 bridgehead atoms. The largest absolute Gasteiger partial charge is 0.353 e. The first-order chi connectivity index (χ1) is 10.9. The Bertz CT molecular complexity index is 942. The lowest BCUT2D eigenvalue weighted by atomic mass is 10.2. The molecule has 0 amide bonds. The van der Waals surface area contributed by atoms with Crippen molar-refractivity contribution in [3.63, 3.8) is 0 Å². The predicted molar refractivity (Wildman–Crippen MR) is 90.3 cm³/mol. The lowest BCUT2D eigenvalue weighted by Crippen LogP contribution is -2.14. The molecule has 7 heteroatoms. The van der Waals surface area contributed by atoms with Crippen molar-refractivity contribution in [2.45, 2.75) is 15.5 Å². The van der Waals surface area contributed by atoms with Gasteiger partial charge in [-0.2, -0.15) is 0 Å². The summed E-state index contributed by atoms with van der Waals surface area (Å²) in [4.78, 5) is 5.70. The average Bonchev–Trinajstić information content (AvgIpc) is 3.06. The lowest BCUT2D eigenvalue weighted by Gasteiger charge is -2.07. The smallest absolute Gasteiger partial charge is 0.218 e. The maximum Gasteiger partial charge on any atom is 0.218 e. The maximum absolute atomic E-state index is 13.9. The van der Waals surface area contributed by atoms with Gasteiger partial charge in [0.2, 0.25) is 9.84 Å². The van der Waals surface area contributed by atoms with Crippen molar-refractivity contribution < 1.29 is 12.8 Å². The van der Waals surface area contributed by atoms with E-state index in [2.05, 4.69) is 9.88 Å². The summed E-state index contributed by atoms with van der Waals surface area (Å²) in [5, 5.41) is 0.895. The summed E-state index contributed by atoms with van der Waals surface area (Å²) in [5.41, 5.74) is 1.07. The van der Waals surface area contributed by atoms with Crippen molar-refractivity contribution in [1.82, 2.24) is 9.88 Å². The molecule has 0 aliphatic rings. The topological polar surface area (TPSA) is 53.2 Å². The van der Waals surface area contributed by atoms with Crippen LogP contribution in [0, 0.1) is 5.82 Å². The molecular formula is C16H17FN2O2S2. The Balaban J connectivity index is 2.02. The number of likely N-dealkylation sites (N-methyl/N-ethyl adjacent to an activating group) is 1. The highest BCUT2D eigenvalue weighted by Gasteiger charge is 2.24. The number of hydrogen-bond donors (Lipinski definition) is 1. The van der Waals surface area contributed by atoms with Crippen LogP contribution in [0.4, 0.5) is 4.39 Å². The summed E-state index contributed by atoms with van der Waals surface area (Å²) in [6.45, 7) is 0.873. The third kappa shape index (κ3) is 3.04. The molecule has 0 unspecified atom stereocenters. The molecule has 3 aromatic rings. The van der Waals surface area contributed by atoms with Gasteiger partial charge in [-0.15, -0.1) is 11.3 Å². The van der Waals surface area contributed by atoms with Gasteiger partial charge in [-0.05, 0) is 44.3 Å². The van der Waals surface area contributed by atoms with Crippen LogP contribution >= 0.6 is 11.3 Å². The fourth-order valence-corrected chi connectivity index (χ4v) is 5.23. The second-order valence-corrected chi connectivity index (χ2v) is 8.81. The van der Waals surface area contributed by atoms with E-state index in [0.717, 1.165) is 46.1 Å². The molecular weight excluding hydrogens is 335 g/mol. The van der Waals surface area contributed by atoms with E-state index >= 15 is 0 Å². The summed E-state index contributed by atoms with van der Waals surface area (Å²) >= 11 is 1.14. The van der Waals surface area contributed by atoms with Crippen LogP contribution in [0.5, 0.6) is 0 Å². The molecule has 0 saturated carbocycles. The molecule has 1 N–H and O–H groups in total. The van der Waals surface area contributed by atoms with Crippen LogP contribution in [-0.4, -0.2) is 38.9 Å². The number of fused-ring (bicyclic) bond motifs is 1. The van der Waals surface area contributed by atoms with E-state index in [0.29, 0.717) is 0 Å². The van der Waals surface area contributed by atoms with E-state index < -0.39 is 15.7 Å². The molecule has 122 valence electrons. The number of aromatic amines is 1. The summed E-state index contributed by atoms with van der Waals surface area (Å²) in [6.07, 6.45) is 2.73. The maximum atomic E-state index is 13.9. The fraction of sp³-hybridized carbons (Fsp3) is 0.250. The number of nitrogens with one attached hydrogen (secondary N) is 1. The highest BCUT2D eigenvalue weighted by atomic mass is 32.2. The van der Waals surface area contributed by atoms with E-state index in [1.165, 1.54) is 18.2 Å². The molecule has 0 aliphatic carbocycles. The fourth-order valence-electron chi connectivity index (χ4n) is 2.40. The number of nitrogens with zero attached hydrogens (tertiary/aromatic N) is 1. The van der Waals surface area contributed by atoms with Crippen LogP contribution in [0.1, 0.15) is 5.56 Å². The number of sulfone groups is 1. The van der Waals surface area contributed by atoms with Crippen molar-refractivity contribution in [2.24, 2.45) is 0 Å². The first-order valence-corrected chi connectivity index (χ1v) is 9.43. The number of halogens is 1. The van der Waals surface area contributed by atoms with Gasteiger partial charge in [-0.3, -0.25) is 0 Å². The quantitative estimate of drug-likeness (QED) is 0.766. The molecule has 0 radical (unpaired) electrons. The molecule has 3 rings (SSSR count). The van der Waals surface area contributed by atoms with E-state index in [1.807, 2.05) is 20.3 Å². The Morgan fingerprint density at radius 1 is 1.26 bits per heavy atom. The molecule has 2 aromatic heterocycles. The molecule has 0 atom stereocenters. The van der Waals surface area contributed by atoms with Gasteiger partial charge in [0.05, 0.1) is 0 Å². The van der Waals surface area contributed by atoms with E-state index in [9.17, 15) is 12.8 Å². The second-order valence-electron chi connectivity index (χ2n) is 5.61. The van der Waals surface area contributed by atoms with Crippen molar-refractivity contribution in [1.29, 1.82) is 0 Å². The summed E-state index contributed by atoms with van der Waals surface area (Å²) in [6, 6.07) is 7.11. The number of aromatic nitrogens is 1.